The molecule has 0 unspecified atom stereocenters. The fourth-order valence-electron chi connectivity index (χ4n) is 0.0680. The molecule has 0 aliphatic carbocycles. The van der Waals surface area contributed by atoms with E-state index < -0.39 is 0 Å². The van der Waals surface area contributed by atoms with Gasteiger partial charge < -0.3 is 0 Å². The summed E-state index contributed by atoms with van der Waals surface area (Å²) in [7, 11) is 0. The first-order valence-electron chi connectivity index (χ1n) is 1.34. The van der Waals surface area contributed by atoms with Gasteiger partial charge in [0.1, 0.15) is 0 Å². The Balaban J connectivity index is 2.40. The van der Waals surface area contributed by atoms with E-state index in [4.69, 9.17) is 0 Å². The number of carbonyl (C=O) groups excluding carboxylic acids is 1. The Kier molecular flexibility index (Phi) is 4.32. The summed E-state index contributed by atoms with van der Waals surface area (Å²) >= 11 is 0.383. The zero-order valence-electron chi connectivity index (χ0n) is 3.10. The zero-order valence-corrected chi connectivity index (χ0v) is 7.30. The van der Waals surface area contributed by atoms with Gasteiger partial charge in [-0.25, -0.2) is 0 Å². The van der Waals surface area contributed by atoms with Crippen LogP contribution in [0, 0.1) is 0 Å². The molecule has 0 atom stereocenters. The number of hydrogen-bond acceptors (Lipinski definition) is 2. The fraction of sp³-hybridized carbons (Fsp3) is 0.500. The van der Waals surface area contributed by atoms with Gasteiger partial charge in [0.05, 0.1) is 0 Å². The van der Waals surface area contributed by atoms with Crippen LogP contribution in [0.2, 0.25) is 0 Å². The van der Waals surface area contributed by atoms with Crippen molar-refractivity contribution >= 4 is 23.1 Å². The Morgan fingerprint density at radius 1 is 2.00 bits per heavy atom. The molecule has 0 aromatic heterocycles. The van der Waals surface area contributed by atoms with Gasteiger partial charge in [0.15, 0.2) is 0 Å². The van der Waals surface area contributed by atoms with E-state index in [1.165, 1.54) is 0 Å². The Morgan fingerprint density at radius 3 is 2.60 bits per heavy atom. The molecule has 5 heavy (non-hydrogen) atoms. The van der Waals surface area contributed by atoms with Crippen LogP contribution in [0.1, 0.15) is 0 Å². The summed E-state index contributed by atoms with van der Waals surface area (Å²) in [5.41, 5.74) is 0. The van der Waals surface area contributed by atoms with E-state index in [1.807, 2.05) is 0 Å². The van der Waals surface area contributed by atoms with Crippen LogP contribution >= 0.6 is 0 Å². The third-order valence-electron chi connectivity index (χ3n) is 0.235. The average molecular weight is 135 g/mol. The van der Waals surface area contributed by atoms with Crippen molar-refractivity contribution in [3.63, 3.8) is 0 Å². The standard InChI is InChI=1S/C2H6GeO2/c3-5-2-1-4/h1H,2H2,3H3. The van der Waals surface area contributed by atoms with E-state index in [-0.39, 0.29) is 0 Å². The summed E-state index contributed by atoms with van der Waals surface area (Å²) in [5, 5.41) is 0. The molecule has 0 aliphatic rings. The topological polar surface area (TPSA) is 26.3 Å². The van der Waals surface area contributed by atoms with Crippen molar-refractivity contribution in [2.24, 2.45) is 0 Å². The summed E-state index contributed by atoms with van der Waals surface area (Å²) in [5.74, 6) is 0. The molecule has 0 aromatic carbocycles. The second kappa shape index (κ2) is 4.17. The van der Waals surface area contributed by atoms with Crippen LogP contribution in [-0.2, 0) is 8.56 Å². The Morgan fingerprint density at radius 2 is 2.60 bits per heavy atom. The van der Waals surface area contributed by atoms with Crippen LogP contribution in [0.3, 0.4) is 0 Å². The van der Waals surface area contributed by atoms with Gasteiger partial charge in [0.25, 0.3) is 0 Å². The van der Waals surface area contributed by atoms with Gasteiger partial charge in [-0.1, -0.05) is 0 Å². The van der Waals surface area contributed by atoms with Crippen LogP contribution < -0.4 is 0 Å². The monoisotopic (exact) mass is 136 g/mol. The van der Waals surface area contributed by atoms with Gasteiger partial charge >= 0.3 is 38.3 Å². The summed E-state index contributed by atoms with van der Waals surface area (Å²) < 4.78 is 4.51. The molecule has 0 radical (unpaired) electrons. The Bertz CT molecular complexity index is 28.8. The molecule has 0 rings (SSSR count). The van der Waals surface area contributed by atoms with Crippen molar-refractivity contribution in [3.8, 4) is 0 Å². The van der Waals surface area contributed by atoms with Crippen molar-refractivity contribution in [2.45, 2.75) is 0 Å². The second-order valence-corrected chi connectivity index (χ2v) is 1.83. The fourth-order valence-corrected chi connectivity index (χ4v) is 0.354. The van der Waals surface area contributed by atoms with E-state index in [9.17, 15) is 4.79 Å². The first kappa shape index (κ1) is 5.17. The number of rotatable bonds is 2. The molecular weight excluding hydrogens is 129 g/mol. The third-order valence-corrected chi connectivity index (χ3v) is 0.934. The molecule has 0 amide bonds. The summed E-state index contributed by atoms with van der Waals surface area (Å²) in [6.07, 6.45) is 0.755. The summed E-state index contributed by atoms with van der Waals surface area (Å²) in [6, 6.07) is 0. The minimum atomic E-state index is 0.292. The SMILES string of the molecule is O=CC[O][GeH3]. The van der Waals surface area contributed by atoms with E-state index in [2.05, 4.69) is 3.76 Å². The molecule has 0 spiro atoms. The van der Waals surface area contributed by atoms with Crippen LogP contribution in [0.5, 0.6) is 0 Å². The molecule has 3 heteroatoms. The summed E-state index contributed by atoms with van der Waals surface area (Å²) in [6.45, 7) is 0.292. The molecule has 0 bridgehead atoms. The normalized spacial score (nSPS) is 8.00. The molecule has 0 aliphatic heterocycles. The Labute approximate surface area is 39.1 Å². The van der Waals surface area contributed by atoms with Crippen molar-refractivity contribution in [1.82, 2.24) is 0 Å². The molecule has 0 heterocycles. The predicted molar refractivity (Wildman–Crippen MR) is 22.0 cm³/mol. The maximum atomic E-state index is 9.31. The van der Waals surface area contributed by atoms with Gasteiger partial charge in [-0.3, -0.25) is 0 Å². The van der Waals surface area contributed by atoms with Gasteiger partial charge in [-0.2, -0.15) is 0 Å². The van der Waals surface area contributed by atoms with Crippen molar-refractivity contribution in [2.75, 3.05) is 6.61 Å². The zero-order chi connectivity index (χ0) is 4.12. The van der Waals surface area contributed by atoms with Crippen LogP contribution in [0.25, 0.3) is 0 Å². The molecule has 0 saturated carbocycles. The number of carbonyl (C=O) groups is 1. The Hall–Kier alpha value is 0.173. The number of aldehydes is 1. The predicted octanol–water partition coefficient (Wildman–Crippen LogP) is -1.52. The summed E-state index contributed by atoms with van der Waals surface area (Å²) in [4.78, 5) is 9.31. The molecule has 0 aromatic rings. The van der Waals surface area contributed by atoms with Crippen molar-refractivity contribution in [1.29, 1.82) is 0 Å². The molecule has 2 nitrogen and oxygen atoms in total. The van der Waals surface area contributed by atoms with E-state index >= 15 is 0 Å². The van der Waals surface area contributed by atoms with Gasteiger partial charge in [-0.05, 0) is 0 Å². The molecule has 30 valence electrons. The first-order chi connectivity index (χ1) is 2.41. The molecular formula is C2H6GeO2. The third kappa shape index (κ3) is 4.17. The van der Waals surface area contributed by atoms with Gasteiger partial charge in [-0.15, -0.1) is 0 Å². The quantitative estimate of drug-likeness (QED) is 0.339. The maximum absolute atomic E-state index is 9.31. The van der Waals surface area contributed by atoms with Crippen molar-refractivity contribution < 1.29 is 8.56 Å². The minimum absolute atomic E-state index is 0.292. The van der Waals surface area contributed by atoms with Gasteiger partial charge in [0, 0.05) is 0 Å². The van der Waals surface area contributed by atoms with Crippen LogP contribution in [0.4, 0.5) is 0 Å². The average Bonchev–Trinajstić information content (AvgIpc) is 1.41. The van der Waals surface area contributed by atoms with Crippen molar-refractivity contribution in [3.05, 3.63) is 0 Å². The van der Waals surface area contributed by atoms with E-state index in [0.717, 1.165) is 6.29 Å². The van der Waals surface area contributed by atoms with Crippen LogP contribution in [-0.4, -0.2) is 29.7 Å². The number of hydrogen-bond donors (Lipinski definition) is 0. The van der Waals surface area contributed by atoms with Gasteiger partial charge in [0.2, 0.25) is 0 Å². The van der Waals surface area contributed by atoms with E-state index in [1.54, 1.807) is 0 Å². The van der Waals surface area contributed by atoms with Crippen LogP contribution in [0.15, 0.2) is 0 Å². The molecule has 0 N–H and O–H groups in total. The second-order valence-electron chi connectivity index (χ2n) is 0.622. The molecule has 0 fully saturated rings. The van der Waals surface area contributed by atoms with E-state index in [0.29, 0.717) is 23.5 Å². The first-order valence-corrected chi connectivity index (χ1v) is 3.05. The molecule has 0 saturated heterocycles.